The van der Waals surface area contributed by atoms with Gasteiger partial charge >= 0.3 is 5.95 Å². The molecule has 2 saturated heterocycles. The first-order valence-corrected chi connectivity index (χ1v) is 14.3. The zero-order valence-corrected chi connectivity index (χ0v) is 24.0. The van der Waals surface area contributed by atoms with Crippen LogP contribution in [0, 0.1) is 5.82 Å². The van der Waals surface area contributed by atoms with Gasteiger partial charge in [-0.3, -0.25) is 9.80 Å². The first-order valence-electron chi connectivity index (χ1n) is 13.9. The number of nitrogens with zero attached hydrogens (tertiary/aromatic N) is 7. The van der Waals surface area contributed by atoms with Crippen molar-refractivity contribution in [1.82, 2.24) is 24.7 Å². The number of hydrogen-bond donors (Lipinski definition) is 3. The zero-order valence-electron chi connectivity index (χ0n) is 23.3. The largest absolute Gasteiger partial charge is 0.506 e. The van der Waals surface area contributed by atoms with E-state index in [1.54, 1.807) is 6.07 Å². The van der Waals surface area contributed by atoms with E-state index in [1.807, 2.05) is 11.0 Å². The summed E-state index contributed by atoms with van der Waals surface area (Å²) in [6.45, 7) is 8.59. The maximum absolute atomic E-state index is 14.5. The van der Waals surface area contributed by atoms with Gasteiger partial charge in [-0.15, -0.1) is 0 Å². The maximum Gasteiger partial charge on any atom is 0.354 e. The fraction of sp³-hybridized carbons (Fsp3) is 0.414. The van der Waals surface area contributed by atoms with Crippen LogP contribution in [0.15, 0.2) is 47.7 Å². The molecule has 0 atom stereocenters. The first kappa shape index (κ1) is 29.3. The number of phenolic OH excluding ortho intramolecular Hbond substituents is 1. The normalized spacial score (nSPS) is 17.5. The highest BCUT2D eigenvalue weighted by Gasteiger charge is 2.22. The molecule has 2 aliphatic heterocycles. The number of likely N-dealkylation sites (N-methyl/N-ethyl adjacent to an activating group) is 1. The molecule has 3 aromatic rings. The number of nitrogens with two attached hydrogens (primary N) is 1. The number of aromatic hydroxyl groups is 1. The summed E-state index contributed by atoms with van der Waals surface area (Å²) in [6.07, 6.45) is 2.64. The van der Waals surface area contributed by atoms with Gasteiger partial charge in [0.25, 0.3) is 0 Å². The van der Waals surface area contributed by atoms with Gasteiger partial charge in [-0.05, 0) is 35.9 Å². The average molecular weight is 584 g/mol. The molecule has 0 unspecified atom stereocenters. The van der Waals surface area contributed by atoms with Crippen LogP contribution in [0.3, 0.4) is 0 Å². The van der Waals surface area contributed by atoms with Gasteiger partial charge in [0.2, 0.25) is 0 Å². The van der Waals surface area contributed by atoms with E-state index < -0.39 is 5.82 Å². The molecular weight excluding hydrogens is 547 g/mol. The summed E-state index contributed by atoms with van der Waals surface area (Å²) in [6, 6.07) is 12.0. The Morgan fingerprint density at radius 2 is 1.71 bits per heavy atom. The van der Waals surface area contributed by atoms with Crippen LogP contribution in [0.4, 0.5) is 16.2 Å². The molecule has 3 heterocycles. The Morgan fingerprint density at radius 3 is 2.41 bits per heavy atom. The van der Waals surface area contributed by atoms with Crippen molar-refractivity contribution in [3.05, 3.63) is 64.6 Å². The van der Waals surface area contributed by atoms with Gasteiger partial charge in [-0.1, -0.05) is 41.0 Å². The van der Waals surface area contributed by atoms with E-state index in [0.717, 1.165) is 63.1 Å². The Morgan fingerprint density at radius 1 is 1.00 bits per heavy atom. The molecule has 0 aliphatic carbocycles. The summed E-state index contributed by atoms with van der Waals surface area (Å²) >= 11 is 6.37. The van der Waals surface area contributed by atoms with Gasteiger partial charge in [0.1, 0.15) is 5.75 Å². The summed E-state index contributed by atoms with van der Waals surface area (Å²) in [5.41, 5.74) is 4.98. The predicted molar refractivity (Wildman–Crippen MR) is 158 cm³/mol. The smallest absolute Gasteiger partial charge is 0.354 e. The monoisotopic (exact) mass is 583 g/mol. The Balaban J connectivity index is 1.24. The number of aliphatic hydroxyl groups excluding tert-OH is 1. The van der Waals surface area contributed by atoms with Crippen molar-refractivity contribution in [3.63, 3.8) is 0 Å². The maximum atomic E-state index is 14.5. The fourth-order valence-corrected chi connectivity index (χ4v) is 5.34. The van der Waals surface area contributed by atoms with Gasteiger partial charge in [0.05, 0.1) is 24.0 Å². The standard InChI is InChI=1S/C29H36ClFN8O2/c1-36-6-8-38(9-7-36)20-21-2-4-22(5-3-21)23-16-24(27(41)25(30)17-23)18-33-35-29-32-19-26(31)28(34-29)39-12-10-37(11-13-39)14-15-40/h2-5,16-19,40-41H,6-15,20H2,1H3,(H,32,34,35)/p+1/b33-18+. The van der Waals surface area contributed by atoms with E-state index in [-0.39, 0.29) is 29.1 Å². The zero-order chi connectivity index (χ0) is 28.8. The fourth-order valence-electron chi connectivity index (χ4n) is 5.12. The second kappa shape index (κ2) is 13.6. The van der Waals surface area contributed by atoms with Crippen LogP contribution in [0.1, 0.15) is 11.1 Å². The van der Waals surface area contributed by atoms with Crippen LogP contribution < -0.4 is 10.3 Å². The van der Waals surface area contributed by atoms with Crippen LogP contribution in [0.5, 0.6) is 5.75 Å². The molecular formula is C29H37ClFN8O2+. The van der Waals surface area contributed by atoms with Gasteiger partial charge in [0.15, 0.2) is 11.6 Å². The number of quaternary nitrogens is 1. The molecule has 2 aliphatic rings. The molecule has 5 rings (SSSR count). The number of piperazine rings is 2. The number of anilines is 1. The van der Waals surface area contributed by atoms with Gasteiger partial charge in [-0.25, -0.2) is 4.39 Å². The summed E-state index contributed by atoms with van der Waals surface area (Å²) < 4.78 is 14.5. The molecule has 12 heteroatoms. The van der Waals surface area contributed by atoms with Gasteiger partial charge < -0.3 is 20.0 Å². The Bertz CT molecular complexity index is 1340. The molecule has 41 heavy (non-hydrogen) atoms. The van der Waals surface area contributed by atoms with Crippen molar-refractivity contribution in [2.75, 3.05) is 77.5 Å². The van der Waals surface area contributed by atoms with Crippen molar-refractivity contribution in [2.24, 2.45) is 5.10 Å². The van der Waals surface area contributed by atoms with Crippen molar-refractivity contribution in [3.8, 4) is 16.9 Å². The molecule has 0 spiro atoms. The third-order valence-corrected chi connectivity index (χ3v) is 7.91. The van der Waals surface area contributed by atoms with Crippen LogP contribution in [-0.2, 0) is 6.54 Å². The Labute approximate surface area is 244 Å². The number of halogens is 2. The van der Waals surface area contributed by atoms with Crippen molar-refractivity contribution >= 4 is 29.6 Å². The van der Waals surface area contributed by atoms with Crippen LogP contribution >= 0.6 is 11.6 Å². The number of phenols is 1. The SMILES string of the molecule is CN1CCN(Cc2ccc(-c3cc(Cl)c(O)c(/C=N/[NH2+]c4ncc(F)c(N5CCN(CCO)CC5)n4)c3)cc2)CC1. The van der Waals surface area contributed by atoms with E-state index in [2.05, 4.69) is 61.1 Å². The lowest BCUT2D eigenvalue weighted by Gasteiger charge is -2.34. The van der Waals surface area contributed by atoms with E-state index >= 15 is 0 Å². The predicted octanol–water partition coefficient (Wildman–Crippen LogP) is 1.73. The molecule has 0 radical (unpaired) electrons. The van der Waals surface area contributed by atoms with Crippen molar-refractivity contribution in [1.29, 1.82) is 0 Å². The number of aliphatic hydroxyl groups is 1. The molecule has 0 bridgehead atoms. The number of benzene rings is 2. The average Bonchev–Trinajstić information content (AvgIpc) is 2.98. The lowest BCUT2D eigenvalue weighted by atomic mass is 10.0. The summed E-state index contributed by atoms with van der Waals surface area (Å²) in [4.78, 5) is 17.2. The minimum Gasteiger partial charge on any atom is -0.506 e. The Hall–Kier alpha value is -3.19. The summed E-state index contributed by atoms with van der Waals surface area (Å²) in [7, 11) is 2.16. The summed E-state index contributed by atoms with van der Waals surface area (Å²) in [5, 5.41) is 24.2. The molecule has 0 amide bonds. The first-order chi connectivity index (χ1) is 19.9. The minimum atomic E-state index is -0.492. The number of hydrogen-bond acceptors (Lipinski definition) is 9. The van der Waals surface area contributed by atoms with Crippen LogP contribution in [-0.4, -0.2) is 114 Å². The topological polar surface area (TPSA) is 108 Å². The molecule has 10 nitrogen and oxygen atoms in total. The number of rotatable bonds is 9. The molecule has 1 aromatic heterocycles. The van der Waals surface area contributed by atoms with Crippen LogP contribution in [0.25, 0.3) is 11.1 Å². The third-order valence-electron chi connectivity index (χ3n) is 7.62. The number of β-amino-alcohol motifs (C(OH)–C–C–N with tert-alkyl or cyclic N) is 1. The molecule has 218 valence electrons. The van der Waals surface area contributed by atoms with E-state index in [4.69, 9.17) is 16.7 Å². The molecule has 4 N–H and O–H groups in total. The third kappa shape index (κ3) is 7.56. The molecule has 2 aromatic carbocycles. The second-order valence-electron chi connectivity index (χ2n) is 10.5. The quantitative estimate of drug-likeness (QED) is 0.199. The van der Waals surface area contributed by atoms with Crippen LogP contribution in [0.2, 0.25) is 5.02 Å². The molecule has 0 saturated carbocycles. The number of aromatic nitrogens is 2. The summed E-state index contributed by atoms with van der Waals surface area (Å²) in [5.74, 6) is -0.0729. The highest BCUT2D eigenvalue weighted by atomic mass is 35.5. The lowest BCUT2D eigenvalue weighted by Crippen LogP contribution is -2.72. The van der Waals surface area contributed by atoms with Gasteiger partial charge in [-0.2, -0.15) is 15.4 Å². The highest BCUT2D eigenvalue weighted by molar-refractivity contribution is 6.32. The van der Waals surface area contributed by atoms with Gasteiger partial charge in [0, 0.05) is 71.0 Å². The molecule has 2 fully saturated rings. The highest BCUT2D eigenvalue weighted by Crippen LogP contribution is 2.33. The Kier molecular flexibility index (Phi) is 9.76. The van der Waals surface area contributed by atoms with E-state index in [1.165, 1.54) is 17.2 Å². The second-order valence-corrected chi connectivity index (χ2v) is 10.9. The van der Waals surface area contributed by atoms with E-state index in [0.29, 0.717) is 25.2 Å². The van der Waals surface area contributed by atoms with E-state index in [9.17, 15) is 9.50 Å². The van der Waals surface area contributed by atoms with Crippen molar-refractivity contribution < 1.29 is 20.0 Å². The lowest BCUT2D eigenvalue weighted by molar-refractivity contribution is -0.584. The minimum absolute atomic E-state index is 0.0688. The van der Waals surface area contributed by atoms with Crippen molar-refractivity contribution in [2.45, 2.75) is 6.54 Å².